The van der Waals surface area contributed by atoms with Gasteiger partial charge in [-0.2, -0.15) is 4.98 Å². The molecule has 0 aliphatic heterocycles. The SMILES string of the molecule is Cc1cc(C)cc(-c2nc3cnc(Sc4nc(C)cs4)nc3o2)c1. The third kappa shape index (κ3) is 3.05. The summed E-state index contributed by atoms with van der Waals surface area (Å²) in [4.78, 5) is 17.7. The van der Waals surface area contributed by atoms with Crippen molar-refractivity contribution in [2.45, 2.75) is 30.3 Å². The second-order valence-corrected chi connectivity index (χ2v) is 7.67. The van der Waals surface area contributed by atoms with Gasteiger partial charge in [0.25, 0.3) is 5.71 Å². The quantitative estimate of drug-likeness (QED) is 0.492. The number of nitrogens with zero attached hydrogens (tertiary/aromatic N) is 4. The Hall–Kier alpha value is -2.25. The Morgan fingerprint density at radius 1 is 1.00 bits per heavy atom. The molecule has 0 aliphatic carbocycles. The van der Waals surface area contributed by atoms with Gasteiger partial charge < -0.3 is 4.42 Å². The molecule has 24 heavy (non-hydrogen) atoms. The maximum absolute atomic E-state index is 5.86. The third-order valence-electron chi connectivity index (χ3n) is 3.37. The topological polar surface area (TPSA) is 64.7 Å². The molecule has 4 rings (SSSR count). The van der Waals surface area contributed by atoms with E-state index in [1.807, 2.05) is 12.3 Å². The van der Waals surface area contributed by atoms with Gasteiger partial charge in [0, 0.05) is 16.6 Å². The maximum atomic E-state index is 5.86. The fourth-order valence-electron chi connectivity index (χ4n) is 2.45. The average Bonchev–Trinajstić information content (AvgIpc) is 3.12. The van der Waals surface area contributed by atoms with Crippen LogP contribution in [0, 0.1) is 20.8 Å². The summed E-state index contributed by atoms with van der Waals surface area (Å²) in [6.07, 6.45) is 1.70. The Labute approximate surface area is 147 Å². The molecule has 0 spiro atoms. The number of hydrogen-bond acceptors (Lipinski definition) is 7. The first-order valence-corrected chi connectivity index (χ1v) is 9.09. The number of thiazole rings is 1. The predicted octanol–water partition coefficient (Wildman–Crippen LogP) is 4.82. The van der Waals surface area contributed by atoms with Crippen molar-refractivity contribution in [2.75, 3.05) is 0 Å². The molecule has 0 saturated carbocycles. The summed E-state index contributed by atoms with van der Waals surface area (Å²) in [6, 6.07) is 6.23. The van der Waals surface area contributed by atoms with Gasteiger partial charge in [-0.05, 0) is 44.7 Å². The van der Waals surface area contributed by atoms with Gasteiger partial charge in [0.15, 0.2) is 9.50 Å². The second-order valence-electron chi connectivity index (χ2n) is 5.60. The minimum absolute atomic E-state index is 0.495. The Balaban J connectivity index is 1.70. The van der Waals surface area contributed by atoms with Crippen LogP contribution in [0.25, 0.3) is 22.7 Å². The van der Waals surface area contributed by atoms with Gasteiger partial charge in [-0.3, -0.25) is 0 Å². The van der Waals surface area contributed by atoms with Crippen molar-refractivity contribution >= 4 is 34.3 Å². The van der Waals surface area contributed by atoms with E-state index in [9.17, 15) is 0 Å². The molecule has 0 unspecified atom stereocenters. The van der Waals surface area contributed by atoms with Crippen molar-refractivity contribution in [3.63, 3.8) is 0 Å². The van der Waals surface area contributed by atoms with E-state index in [-0.39, 0.29) is 0 Å². The Kier molecular flexibility index (Phi) is 3.82. The van der Waals surface area contributed by atoms with E-state index in [4.69, 9.17) is 4.42 Å². The molecule has 3 aromatic heterocycles. The van der Waals surface area contributed by atoms with Crippen LogP contribution in [0.15, 0.2) is 43.7 Å². The summed E-state index contributed by atoms with van der Waals surface area (Å²) in [5, 5.41) is 2.62. The lowest BCUT2D eigenvalue weighted by Gasteiger charge is -2.00. The van der Waals surface area contributed by atoms with Crippen LogP contribution in [0.3, 0.4) is 0 Å². The van der Waals surface area contributed by atoms with Crippen molar-refractivity contribution in [3.8, 4) is 11.5 Å². The first-order chi connectivity index (χ1) is 11.6. The zero-order chi connectivity index (χ0) is 16.7. The number of rotatable bonds is 3. The fourth-order valence-corrected chi connectivity index (χ4v) is 4.11. The lowest BCUT2D eigenvalue weighted by molar-refractivity contribution is 0.602. The molecule has 0 saturated heterocycles. The summed E-state index contributed by atoms with van der Waals surface area (Å²) in [5.74, 6) is 0.568. The van der Waals surface area contributed by atoms with Crippen LogP contribution in [-0.4, -0.2) is 19.9 Å². The Morgan fingerprint density at radius 2 is 1.79 bits per heavy atom. The minimum Gasteiger partial charge on any atom is -0.418 e. The normalized spacial score (nSPS) is 11.3. The highest BCUT2D eigenvalue weighted by Crippen LogP contribution is 2.30. The largest absolute Gasteiger partial charge is 0.418 e. The van der Waals surface area contributed by atoms with E-state index in [0.717, 1.165) is 15.6 Å². The molecule has 0 bridgehead atoms. The standard InChI is InChI=1S/C17H14N4OS2/c1-9-4-10(2)6-12(5-9)14-20-13-7-18-16(21-15(13)22-14)24-17-19-11(3)8-23-17/h4-8H,1-3H3. The number of benzene rings is 1. The third-order valence-corrected chi connectivity index (χ3v) is 5.31. The van der Waals surface area contributed by atoms with E-state index >= 15 is 0 Å². The Morgan fingerprint density at radius 3 is 2.50 bits per heavy atom. The maximum Gasteiger partial charge on any atom is 0.251 e. The van der Waals surface area contributed by atoms with Crippen molar-refractivity contribution in [1.82, 2.24) is 19.9 Å². The molecule has 3 heterocycles. The van der Waals surface area contributed by atoms with Gasteiger partial charge in [0.05, 0.1) is 6.20 Å². The van der Waals surface area contributed by atoms with Crippen molar-refractivity contribution in [1.29, 1.82) is 0 Å². The molecule has 0 fully saturated rings. The molecule has 4 aromatic rings. The van der Waals surface area contributed by atoms with Crippen LogP contribution in [-0.2, 0) is 0 Å². The van der Waals surface area contributed by atoms with E-state index in [1.54, 1.807) is 17.5 Å². The monoisotopic (exact) mass is 354 g/mol. The molecule has 120 valence electrons. The zero-order valence-corrected chi connectivity index (χ0v) is 15.0. The summed E-state index contributed by atoms with van der Waals surface area (Å²) in [5.41, 5.74) is 5.46. The molecule has 7 heteroatoms. The molecule has 0 radical (unpaired) electrons. The Bertz CT molecular complexity index is 1020. The molecule has 5 nitrogen and oxygen atoms in total. The summed E-state index contributed by atoms with van der Waals surface area (Å²) in [7, 11) is 0. The lowest BCUT2D eigenvalue weighted by atomic mass is 10.1. The van der Waals surface area contributed by atoms with Crippen LogP contribution in [0.2, 0.25) is 0 Å². The fraction of sp³-hybridized carbons (Fsp3) is 0.176. The lowest BCUT2D eigenvalue weighted by Crippen LogP contribution is -1.85. The van der Waals surface area contributed by atoms with Gasteiger partial charge in [-0.15, -0.1) is 11.3 Å². The zero-order valence-electron chi connectivity index (χ0n) is 13.4. The van der Waals surface area contributed by atoms with Gasteiger partial charge in [-0.25, -0.2) is 15.0 Å². The molecule has 0 atom stereocenters. The summed E-state index contributed by atoms with van der Waals surface area (Å²) in [6.45, 7) is 6.09. The van der Waals surface area contributed by atoms with Gasteiger partial charge in [-0.1, -0.05) is 17.2 Å². The number of aromatic nitrogens is 4. The average molecular weight is 354 g/mol. The first-order valence-electron chi connectivity index (χ1n) is 7.39. The van der Waals surface area contributed by atoms with Gasteiger partial charge >= 0.3 is 0 Å². The van der Waals surface area contributed by atoms with E-state index in [2.05, 4.69) is 52.0 Å². The van der Waals surface area contributed by atoms with Crippen molar-refractivity contribution in [2.24, 2.45) is 0 Å². The molecule has 1 aromatic carbocycles. The smallest absolute Gasteiger partial charge is 0.251 e. The highest BCUT2D eigenvalue weighted by molar-refractivity contribution is 8.00. The van der Waals surface area contributed by atoms with Crippen LogP contribution in [0.1, 0.15) is 16.8 Å². The van der Waals surface area contributed by atoms with Crippen molar-refractivity contribution in [3.05, 3.63) is 46.6 Å². The van der Waals surface area contributed by atoms with Crippen LogP contribution in [0.4, 0.5) is 0 Å². The minimum atomic E-state index is 0.495. The molecule has 0 N–H and O–H groups in total. The summed E-state index contributed by atoms with van der Waals surface area (Å²) < 4.78 is 6.77. The summed E-state index contributed by atoms with van der Waals surface area (Å²) >= 11 is 3.01. The first kappa shape index (κ1) is 15.3. The number of hydrogen-bond donors (Lipinski definition) is 0. The van der Waals surface area contributed by atoms with E-state index in [0.29, 0.717) is 22.3 Å². The molecular formula is C17H14N4OS2. The van der Waals surface area contributed by atoms with E-state index < -0.39 is 0 Å². The molecule has 0 amide bonds. The highest BCUT2D eigenvalue weighted by Gasteiger charge is 2.13. The molecule has 0 aliphatic rings. The van der Waals surface area contributed by atoms with E-state index in [1.165, 1.54) is 22.9 Å². The number of aryl methyl sites for hydroxylation is 3. The van der Waals surface area contributed by atoms with Crippen LogP contribution in [0.5, 0.6) is 0 Å². The number of fused-ring (bicyclic) bond motifs is 1. The van der Waals surface area contributed by atoms with Gasteiger partial charge in [0.1, 0.15) is 5.52 Å². The van der Waals surface area contributed by atoms with Gasteiger partial charge in [0.2, 0.25) is 5.89 Å². The predicted molar refractivity (Wildman–Crippen MR) is 95.5 cm³/mol. The highest BCUT2D eigenvalue weighted by atomic mass is 32.2. The number of oxazole rings is 1. The molecular weight excluding hydrogens is 340 g/mol. The van der Waals surface area contributed by atoms with Crippen LogP contribution >= 0.6 is 23.1 Å². The van der Waals surface area contributed by atoms with Crippen molar-refractivity contribution < 1.29 is 4.42 Å². The van der Waals surface area contributed by atoms with Crippen LogP contribution < -0.4 is 0 Å². The second kappa shape index (κ2) is 5.99.